The van der Waals surface area contributed by atoms with Gasteiger partial charge < -0.3 is 9.47 Å². The molecule has 1 N–H and O–H groups in total. The van der Waals surface area contributed by atoms with Gasteiger partial charge in [-0.2, -0.15) is 5.26 Å². The minimum absolute atomic E-state index is 0.104. The predicted molar refractivity (Wildman–Crippen MR) is 127 cm³/mol. The number of halogens is 1. The molecule has 1 fully saturated rings. The van der Waals surface area contributed by atoms with E-state index in [4.69, 9.17) is 11.6 Å². The number of nitriles is 1. The zero-order chi connectivity index (χ0) is 22.1. The number of nitrogens with one attached hydrogen (secondary N) is 1. The fourth-order valence-corrected chi connectivity index (χ4v) is 5.38. The van der Waals surface area contributed by atoms with E-state index in [1.807, 2.05) is 65.3 Å². The smallest absolute Gasteiger partial charge is 0.258 e. The highest BCUT2D eigenvalue weighted by atomic mass is 35.5. The maximum Gasteiger partial charge on any atom is 0.258 e. The van der Waals surface area contributed by atoms with E-state index < -0.39 is 0 Å². The van der Waals surface area contributed by atoms with Gasteiger partial charge >= 0.3 is 0 Å². The number of likely N-dealkylation sites (tertiary alicyclic amines) is 1. The van der Waals surface area contributed by atoms with Gasteiger partial charge in [0, 0.05) is 40.2 Å². The molecule has 1 aromatic heterocycles. The van der Waals surface area contributed by atoms with Gasteiger partial charge in [-0.05, 0) is 54.5 Å². The number of piperidine rings is 1. The summed E-state index contributed by atoms with van der Waals surface area (Å²) in [7, 11) is 0. The van der Waals surface area contributed by atoms with Gasteiger partial charge in [0.1, 0.15) is 6.54 Å². The SMILES string of the molecule is N#Cc1cccc(C[NH+]2C[C@@H]3C[C@H](C2)c2ccc(/C=C/c4ccc(Cl)cc4)c(=O)n2C3)c1. The first-order chi connectivity index (χ1) is 15.6. The molecule has 2 aliphatic rings. The first kappa shape index (κ1) is 20.8. The van der Waals surface area contributed by atoms with Gasteiger partial charge in [-0.1, -0.05) is 41.9 Å². The van der Waals surface area contributed by atoms with Crippen LogP contribution < -0.4 is 10.5 Å². The first-order valence-electron chi connectivity index (χ1n) is 11.1. The molecule has 2 bridgehead atoms. The van der Waals surface area contributed by atoms with Crippen molar-refractivity contribution in [2.45, 2.75) is 25.4 Å². The van der Waals surface area contributed by atoms with Gasteiger partial charge in [0.05, 0.1) is 24.7 Å². The largest absolute Gasteiger partial charge is 0.330 e. The lowest BCUT2D eigenvalue weighted by atomic mass is 9.82. The van der Waals surface area contributed by atoms with Crippen LogP contribution in [0.4, 0.5) is 0 Å². The third kappa shape index (κ3) is 4.27. The van der Waals surface area contributed by atoms with E-state index in [0.717, 1.165) is 55.0 Å². The van der Waals surface area contributed by atoms with Crippen molar-refractivity contribution in [1.29, 1.82) is 5.26 Å². The number of aromatic nitrogens is 1. The van der Waals surface area contributed by atoms with Crippen molar-refractivity contribution in [3.05, 3.63) is 104 Å². The van der Waals surface area contributed by atoms with Crippen LogP contribution in [0.5, 0.6) is 0 Å². The summed E-state index contributed by atoms with van der Waals surface area (Å²) in [6.45, 7) is 3.79. The maximum absolute atomic E-state index is 13.2. The second-order valence-corrected chi connectivity index (χ2v) is 9.40. The quantitative estimate of drug-likeness (QED) is 0.669. The highest BCUT2D eigenvalue weighted by molar-refractivity contribution is 6.30. The molecule has 0 radical (unpaired) electrons. The lowest BCUT2D eigenvalue weighted by Gasteiger charge is -2.40. The molecule has 0 saturated carbocycles. The summed E-state index contributed by atoms with van der Waals surface area (Å²) in [5, 5.41) is 9.88. The molecular weight excluding hydrogens is 418 g/mol. The molecule has 0 spiro atoms. The Kier molecular flexibility index (Phi) is 5.70. The van der Waals surface area contributed by atoms with Crippen LogP contribution >= 0.6 is 11.6 Å². The van der Waals surface area contributed by atoms with E-state index in [1.54, 1.807) is 0 Å². The zero-order valence-corrected chi connectivity index (χ0v) is 18.6. The Hall–Kier alpha value is -3.13. The lowest BCUT2D eigenvalue weighted by molar-refractivity contribution is -0.924. The average Bonchev–Trinajstić information content (AvgIpc) is 2.80. The molecule has 32 heavy (non-hydrogen) atoms. The van der Waals surface area contributed by atoms with Crippen molar-refractivity contribution >= 4 is 23.8 Å². The zero-order valence-electron chi connectivity index (χ0n) is 17.8. The van der Waals surface area contributed by atoms with E-state index in [1.165, 1.54) is 10.5 Å². The molecule has 0 amide bonds. The van der Waals surface area contributed by atoms with Crippen LogP contribution in [0.3, 0.4) is 0 Å². The summed E-state index contributed by atoms with van der Waals surface area (Å²) < 4.78 is 2.01. The Labute approximate surface area is 193 Å². The number of pyridine rings is 1. The Balaban J connectivity index is 1.35. The van der Waals surface area contributed by atoms with Gasteiger partial charge in [-0.25, -0.2) is 0 Å². The van der Waals surface area contributed by atoms with E-state index in [0.29, 0.717) is 16.9 Å². The molecule has 1 saturated heterocycles. The second kappa shape index (κ2) is 8.78. The highest BCUT2D eigenvalue weighted by Gasteiger charge is 2.37. The lowest BCUT2D eigenvalue weighted by Crippen LogP contribution is -3.13. The first-order valence-corrected chi connectivity index (χ1v) is 11.5. The van der Waals surface area contributed by atoms with Gasteiger partial charge in [0.15, 0.2) is 0 Å². The molecule has 0 aliphatic carbocycles. The minimum atomic E-state index is 0.104. The Bertz CT molecular complexity index is 1270. The van der Waals surface area contributed by atoms with Crippen molar-refractivity contribution in [3.63, 3.8) is 0 Å². The molecular formula is C27H25ClN3O+. The number of rotatable bonds is 4. The third-order valence-electron chi connectivity index (χ3n) is 6.66. The summed E-state index contributed by atoms with van der Waals surface area (Å²) in [4.78, 5) is 14.8. The highest BCUT2D eigenvalue weighted by Crippen LogP contribution is 2.30. The minimum Gasteiger partial charge on any atom is -0.330 e. The third-order valence-corrected chi connectivity index (χ3v) is 6.91. The number of hydrogen-bond donors (Lipinski definition) is 1. The number of benzene rings is 2. The normalized spacial score (nSPS) is 21.8. The molecule has 160 valence electrons. The molecule has 1 unspecified atom stereocenters. The molecule has 5 rings (SSSR count). The van der Waals surface area contributed by atoms with Crippen molar-refractivity contribution < 1.29 is 4.90 Å². The summed E-state index contributed by atoms with van der Waals surface area (Å²) >= 11 is 5.96. The van der Waals surface area contributed by atoms with Crippen molar-refractivity contribution in [2.24, 2.45) is 5.92 Å². The van der Waals surface area contributed by atoms with E-state index >= 15 is 0 Å². The molecule has 3 aromatic rings. The summed E-state index contributed by atoms with van der Waals surface area (Å²) in [5.74, 6) is 0.905. The summed E-state index contributed by atoms with van der Waals surface area (Å²) in [6.07, 6.45) is 5.02. The predicted octanol–water partition coefficient (Wildman–Crippen LogP) is 3.75. The number of fused-ring (bicyclic) bond motifs is 4. The van der Waals surface area contributed by atoms with Crippen LogP contribution in [0.1, 0.15) is 40.3 Å². The second-order valence-electron chi connectivity index (χ2n) is 8.96. The topological polar surface area (TPSA) is 50.2 Å². The molecule has 5 heteroatoms. The van der Waals surface area contributed by atoms with E-state index in [9.17, 15) is 10.1 Å². The van der Waals surface area contributed by atoms with Gasteiger partial charge in [-0.15, -0.1) is 0 Å². The Morgan fingerprint density at radius 1 is 1.09 bits per heavy atom. The van der Waals surface area contributed by atoms with Crippen LogP contribution in [0, 0.1) is 17.2 Å². The number of nitrogens with zero attached hydrogens (tertiary/aromatic N) is 2. The molecule has 2 aromatic carbocycles. The molecule has 2 aliphatic heterocycles. The molecule has 4 nitrogen and oxygen atoms in total. The summed E-state index contributed by atoms with van der Waals surface area (Å²) in [6, 6.07) is 21.9. The summed E-state index contributed by atoms with van der Waals surface area (Å²) in [5.41, 5.74) is 4.94. The Morgan fingerprint density at radius 2 is 1.94 bits per heavy atom. The van der Waals surface area contributed by atoms with Crippen LogP contribution in [0.15, 0.2) is 65.5 Å². The standard InChI is InChI=1S/C27H24ClN3O/c28-25-9-5-19(6-10-25)4-7-23-8-11-26-24-13-22(17-31(26)27(23)32)16-30(18-24)15-21-3-1-2-20(12-21)14-29/h1-12,22,24H,13,15-18H2/p+1/b7-4+/t22-,24+/m0/s1. The number of hydrogen-bond acceptors (Lipinski definition) is 2. The number of quaternary nitrogens is 1. The van der Waals surface area contributed by atoms with Crippen LogP contribution in [-0.4, -0.2) is 17.7 Å². The van der Waals surface area contributed by atoms with Gasteiger partial charge in [0.25, 0.3) is 5.56 Å². The van der Waals surface area contributed by atoms with Crippen LogP contribution in [0.2, 0.25) is 5.02 Å². The van der Waals surface area contributed by atoms with Crippen LogP contribution in [-0.2, 0) is 13.1 Å². The fourth-order valence-electron chi connectivity index (χ4n) is 5.26. The van der Waals surface area contributed by atoms with Crippen molar-refractivity contribution in [1.82, 2.24) is 4.57 Å². The van der Waals surface area contributed by atoms with Gasteiger partial charge in [-0.3, -0.25) is 4.79 Å². The monoisotopic (exact) mass is 442 g/mol. The molecule has 3 atom stereocenters. The Morgan fingerprint density at radius 3 is 2.75 bits per heavy atom. The van der Waals surface area contributed by atoms with Crippen molar-refractivity contribution in [3.8, 4) is 6.07 Å². The van der Waals surface area contributed by atoms with Crippen molar-refractivity contribution in [2.75, 3.05) is 13.1 Å². The van der Waals surface area contributed by atoms with E-state index in [-0.39, 0.29) is 5.56 Å². The van der Waals surface area contributed by atoms with Gasteiger partial charge in [0.2, 0.25) is 0 Å². The van der Waals surface area contributed by atoms with Crippen LogP contribution in [0.25, 0.3) is 12.2 Å². The fraction of sp³-hybridized carbons (Fsp3) is 0.259. The maximum atomic E-state index is 13.2. The average molecular weight is 443 g/mol. The molecule has 3 heterocycles. The van der Waals surface area contributed by atoms with E-state index in [2.05, 4.69) is 18.2 Å².